The molecule has 0 spiro atoms. The molecule has 2 aliphatic heterocycles. The van der Waals surface area contributed by atoms with Crippen LogP contribution in [0.4, 0.5) is 0 Å². The summed E-state index contributed by atoms with van der Waals surface area (Å²) < 4.78 is 12.1. The lowest BCUT2D eigenvalue weighted by Crippen LogP contribution is -2.90. The average molecular weight is 319 g/mol. The molecule has 4 nitrogen and oxygen atoms in total. The summed E-state index contributed by atoms with van der Waals surface area (Å²) in [5.41, 5.74) is 2.42. The van der Waals surface area contributed by atoms with Crippen LogP contribution in [0, 0.1) is 5.92 Å². The van der Waals surface area contributed by atoms with Crippen LogP contribution in [0.3, 0.4) is 0 Å². The normalized spacial score (nSPS) is 25.6. The average Bonchev–Trinajstić information content (AvgIpc) is 2.67. The fourth-order valence-electron chi connectivity index (χ4n) is 3.91. The van der Waals surface area contributed by atoms with Gasteiger partial charge in [0.25, 0.3) is 0 Å². The second-order valence-electron chi connectivity index (χ2n) is 6.53. The van der Waals surface area contributed by atoms with E-state index in [4.69, 9.17) is 9.47 Å². The van der Waals surface area contributed by atoms with E-state index in [1.54, 1.807) is 6.20 Å². The van der Waals surface area contributed by atoms with Crippen LogP contribution in [0.1, 0.15) is 23.4 Å². The minimum absolute atomic E-state index is 0.00938. The number of aromatic nitrogens is 1. The quantitative estimate of drug-likeness (QED) is 0.750. The van der Waals surface area contributed by atoms with Crippen molar-refractivity contribution in [1.29, 1.82) is 0 Å². The summed E-state index contributed by atoms with van der Waals surface area (Å²) in [4.78, 5) is 4.23. The number of hydrogen-bond acceptors (Lipinski definition) is 3. The maximum atomic E-state index is 6.09. The zero-order chi connectivity index (χ0) is 15.9. The maximum absolute atomic E-state index is 6.09. The molecule has 0 amide bonds. The molecule has 4 heteroatoms. The molecule has 0 saturated carbocycles. The van der Waals surface area contributed by atoms with E-state index in [1.807, 2.05) is 12.3 Å². The van der Waals surface area contributed by atoms with Gasteiger partial charge in [-0.2, -0.15) is 0 Å². The van der Waals surface area contributed by atoms with Crippen LogP contribution < -0.4 is 10.1 Å². The van der Waals surface area contributed by atoms with Gasteiger partial charge in [0.1, 0.15) is 11.8 Å². The molecule has 3 atom stereocenters. The summed E-state index contributed by atoms with van der Waals surface area (Å²) in [6.45, 7) is 1.43. The van der Waals surface area contributed by atoms with E-state index < -0.39 is 0 Å². The Hall–Kier alpha value is -2.43. The van der Waals surface area contributed by atoms with Crippen molar-refractivity contribution in [3.05, 3.63) is 72.1 Å². The molecule has 0 aliphatic carbocycles. The highest BCUT2D eigenvalue weighted by Crippen LogP contribution is 2.40. The monoisotopic (exact) mass is 319 g/mol. The number of nitrogens with zero attached hydrogens (tertiary/aromatic N) is 1. The number of fused-ring (bicyclic) bond motifs is 5. The Morgan fingerprint density at radius 3 is 2.88 bits per heavy atom. The van der Waals surface area contributed by atoms with E-state index in [1.165, 1.54) is 16.3 Å². The summed E-state index contributed by atoms with van der Waals surface area (Å²) >= 11 is 0. The standard InChI is InChI=1S/C20H18N2O2/c1-2-6-16-13(4-1)7-8-17-18(16)19-15(11-23-17)12-24-20(22-19)14-5-3-9-21-10-14/h1-10,15,19-20,22H,11-12H2/p+1/t15-,19+,20-/m1/s1. The smallest absolute Gasteiger partial charge is 0.218 e. The van der Waals surface area contributed by atoms with E-state index in [9.17, 15) is 0 Å². The SMILES string of the molecule is c1cncc([C@@H]2[NH2+][C@@H]3c4c(ccc5ccccc45)OC[C@@H]3CO2)c1. The first-order valence-electron chi connectivity index (χ1n) is 8.41. The predicted octanol–water partition coefficient (Wildman–Crippen LogP) is 2.58. The van der Waals surface area contributed by atoms with E-state index in [0.717, 1.165) is 11.3 Å². The highest BCUT2D eigenvalue weighted by molar-refractivity contribution is 5.88. The Bertz CT molecular complexity index is 881. The number of rotatable bonds is 1. The number of benzene rings is 2. The first-order valence-corrected chi connectivity index (χ1v) is 8.41. The minimum Gasteiger partial charge on any atom is -0.492 e. The third-order valence-corrected chi connectivity index (χ3v) is 5.11. The molecule has 2 aliphatic rings. The van der Waals surface area contributed by atoms with Crippen molar-refractivity contribution in [2.45, 2.75) is 12.3 Å². The third kappa shape index (κ3) is 2.19. The molecule has 1 aromatic heterocycles. The molecule has 2 N–H and O–H groups in total. The van der Waals surface area contributed by atoms with Crippen molar-refractivity contribution in [2.75, 3.05) is 13.2 Å². The molecule has 3 heterocycles. The van der Waals surface area contributed by atoms with Gasteiger partial charge in [-0.05, 0) is 29.0 Å². The van der Waals surface area contributed by atoms with Crippen LogP contribution in [0.25, 0.3) is 10.8 Å². The Labute approximate surface area is 140 Å². The topological polar surface area (TPSA) is 48.0 Å². The van der Waals surface area contributed by atoms with Crippen LogP contribution in [0.2, 0.25) is 0 Å². The molecule has 0 unspecified atom stereocenters. The van der Waals surface area contributed by atoms with Gasteiger partial charge < -0.3 is 14.8 Å². The van der Waals surface area contributed by atoms with Crippen LogP contribution in [-0.4, -0.2) is 18.2 Å². The molecule has 120 valence electrons. The summed E-state index contributed by atoms with van der Waals surface area (Å²) in [6, 6.07) is 17.2. The molecule has 5 rings (SSSR count). The number of pyridine rings is 1. The molecule has 1 fully saturated rings. The van der Waals surface area contributed by atoms with Gasteiger partial charge in [0, 0.05) is 12.4 Å². The van der Waals surface area contributed by atoms with Gasteiger partial charge in [-0.3, -0.25) is 4.98 Å². The van der Waals surface area contributed by atoms with E-state index >= 15 is 0 Å². The van der Waals surface area contributed by atoms with Crippen molar-refractivity contribution >= 4 is 10.8 Å². The van der Waals surface area contributed by atoms with Crippen LogP contribution >= 0.6 is 0 Å². The number of hydrogen-bond donors (Lipinski definition) is 1. The van der Waals surface area contributed by atoms with Crippen LogP contribution in [0.5, 0.6) is 5.75 Å². The summed E-state index contributed by atoms with van der Waals surface area (Å²) in [5, 5.41) is 4.88. The van der Waals surface area contributed by atoms with Crippen molar-refractivity contribution in [3.8, 4) is 5.75 Å². The maximum Gasteiger partial charge on any atom is 0.218 e. The van der Waals surface area contributed by atoms with Crippen LogP contribution in [-0.2, 0) is 4.74 Å². The third-order valence-electron chi connectivity index (χ3n) is 5.11. The minimum atomic E-state index is -0.00938. The fourth-order valence-corrected chi connectivity index (χ4v) is 3.91. The summed E-state index contributed by atoms with van der Waals surface area (Å²) in [7, 11) is 0. The molecular formula is C20H19N2O2+. The zero-order valence-electron chi connectivity index (χ0n) is 13.3. The lowest BCUT2D eigenvalue weighted by Gasteiger charge is -2.38. The Kier molecular flexibility index (Phi) is 3.25. The van der Waals surface area contributed by atoms with Crippen molar-refractivity contribution < 1.29 is 14.8 Å². The predicted molar refractivity (Wildman–Crippen MR) is 90.5 cm³/mol. The fraction of sp³-hybridized carbons (Fsp3) is 0.250. The Morgan fingerprint density at radius 2 is 1.96 bits per heavy atom. The number of quaternary nitrogens is 1. The second-order valence-corrected chi connectivity index (χ2v) is 6.53. The van der Waals surface area contributed by atoms with Crippen LogP contribution in [0.15, 0.2) is 60.9 Å². The highest BCUT2D eigenvalue weighted by Gasteiger charge is 2.41. The lowest BCUT2D eigenvalue weighted by molar-refractivity contribution is -0.790. The van der Waals surface area contributed by atoms with Gasteiger partial charge in [-0.25, -0.2) is 0 Å². The van der Waals surface area contributed by atoms with Crippen molar-refractivity contribution in [3.63, 3.8) is 0 Å². The van der Waals surface area contributed by atoms with Gasteiger partial charge in [0.2, 0.25) is 6.23 Å². The van der Waals surface area contributed by atoms with E-state index in [2.05, 4.69) is 52.8 Å². The highest BCUT2D eigenvalue weighted by atomic mass is 16.5. The van der Waals surface area contributed by atoms with Crippen molar-refractivity contribution in [2.24, 2.45) is 5.92 Å². The van der Waals surface area contributed by atoms with Gasteiger partial charge in [0.15, 0.2) is 0 Å². The van der Waals surface area contributed by atoms with Gasteiger partial charge in [0.05, 0.1) is 30.3 Å². The van der Waals surface area contributed by atoms with Gasteiger partial charge in [-0.15, -0.1) is 0 Å². The summed E-state index contributed by atoms with van der Waals surface area (Å²) in [5.74, 6) is 1.38. The first-order chi connectivity index (χ1) is 11.9. The Morgan fingerprint density at radius 1 is 1.00 bits per heavy atom. The molecule has 24 heavy (non-hydrogen) atoms. The Balaban J connectivity index is 1.59. The molecule has 0 bridgehead atoms. The van der Waals surface area contributed by atoms with E-state index in [-0.39, 0.29) is 6.23 Å². The molecule has 3 aromatic rings. The largest absolute Gasteiger partial charge is 0.492 e. The molecular weight excluding hydrogens is 300 g/mol. The van der Waals surface area contributed by atoms with Gasteiger partial charge in [-0.1, -0.05) is 30.3 Å². The molecule has 2 aromatic carbocycles. The van der Waals surface area contributed by atoms with Gasteiger partial charge >= 0.3 is 0 Å². The summed E-state index contributed by atoms with van der Waals surface area (Å²) in [6.07, 6.45) is 3.68. The lowest BCUT2D eigenvalue weighted by atomic mass is 9.86. The number of nitrogens with two attached hydrogens (primary N) is 1. The second kappa shape index (κ2) is 5.58. The van der Waals surface area contributed by atoms with Crippen molar-refractivity contribution in [1.82, 2.24) is 4.98 Å². The first kappa shape index (κ1) is 14.0. The molecule has 1 saturated heterocycles. The zero-order valence-corrected chi connectivity index (χ0v) is 13.3. The molecule has 0 radical (unpaired) electrons. The number of ether oxygens (including phenoxy) is 2. The van der Waals surface area contributed by atoms with E-state index in [0.29, 0.717) is 25.2 Å².